The summed E-state index contributed by atoms with van der Waals surface area (Å²) < 4.78 is 31.5. The first-order valence-corrected chi connectivity index (χ1v) is 8.30. The SMILES string of the molecule is CC(=O)NC(=S)Nc1ccc(S(=O)(=O)Nc2cc(C)on2)cc1. The molecule has 0 saturated heterocycles. The second-order valence-electron chi connectivity index (χ2n) is 4.59. The zero-order valence-corrected chi connectivity index (χ0v) is 13.9. The number of hydrogen-bond donors (Lipinski definition) is 3. The van der Waals surface area contributed by atoms with Crippen molar-refractivity contribution in [2.24, 2.45) is 0 Å². The number of carbonyl (C=O) groups excluding carboxylic acids is 1. The van der Waals surface area contributed by atoms with Crippen molar-refractivity contribution in [2.45, 2.75) is 18.7 Å². The lowest BCUT2D eigenvalue weighted by Crippen LogP contribution is -2.32. The van der Waals surface area contributed by atoms with E-state index in [0.717, 1.165) is 0 Å². The van der Waals surface area contributed by atoms with E-state index in [1.807, 2.05) is 0 Å². The topological polar surface area (TPSA) is 113 Å². The zero-order valence-electron chi connectivity index (χ0n) is 12.3. The fourth-order valence-corrected chi connectivity index (χ4v) is 2.90. The Morgan fingerprint density at radius 1 is 1.26 bits per heavy atom. The molecule has 10 heteroatoms. The molecule has 2 aromatic rings. The van der Waals surface area contributed by atoms with Gasteiger partial charge in [0.25, 0.3) is 10.0 Å². The number of amides is 1. The van der Waals surface area contributed by atoms with Crippen molar-refractivity contribution in [3.63, 3.8) is 0 Å². The standard InChI is InChI=1S/C13H14N4O4S2/c1-8-7-12(16-21-8)17-23(19,20)11-5-3-10(4-6-11)15-13(22)14-9(2)18/h3-7H,1-2H3,(H,16,17)(H2,14,15,18,22). The van der Waals surface area contributed by atoms with Crippen LogP contribution in [0.25, 0.3) is 0 Å². The van der Waals surface area contributed by atoms with Crippen molar-refractivity contribution in [1.29, 1.82) is 0 Å². The molecule has 23 heavy (non-hydrogen) atoms. The van der Waals surface area contributed by atoms with Gasteiger partial charge in [0.2, 0.25) is 5.91 Å². The molecular formula is C13H14N4O4S2. The predicted octanol–water partition coefficient (Wildman–Crippen LogP) is 1.62. The highest BCUT2D eigenvalue weighted by atomic mass is 32.2. The molecule has 0 bridgehead atoms. The molecule has 1 aromatic heterocycles. The van der Waals surface area contributed by atoms with Gasteiger partial charge < -0.3 is 15.2 Å². The summed E-state index contributed by atoms with van der Waals surface area (Å²) >= 11 is 4.92. The first-order valence-electron chi connectivity index (χ1n) is 6.41. The third kappa shape index (κ3) is 4.76. The van der Waals surface area contributed by atoms with Crippen LogP contribution in [0.4, 0.5) is 11.5 Å². The van der Waals surface area contributed by atoms with E-state index >= 15 is 0 Å². The molecule has 122 valence electrons. The third-order valence-corrected chi connectivity index (χ3v) is 4.15. The van der Waals surface area contributed by atoms with Gasteiger partial charge in [0.1, 0.15) is 5.76 Å². The van der Waals surface area contributed by atoms with E-state index in [2.05, 4.69) is 20.5 Å². The summed E-state index contributed by atoms with van der Waals surface area (Å²) in [4.78, 5) is 10.9. The maximum absolute atomic E-state index is 12.2. The highest BCUT2D eigenvalue weighted by molar-refractivity contribution is 7.92. The van der Waals surface area contributed by atoms with E-state index in [-0.39, 0.29) is 21.7 Å². The smallest absolute Gasteiger partial charge is 0.263 e. The number of anilines is 2. The fourth-order valence-electron chi connectivity index (χ4n) is 1.65. The molecule has 0 spiro atoms. The molecule has 0 atom stereocenters. The minimum absolute atomic E-state index is 0.0501. The summed E-state index contributed by atoms with van der Waals surface area (Å²) in [5, 5.41) is 8.87. The van der Waals surface area contributed by atoms with E-state index in [0.29, 0.717) is 11.4 Å². The van der Waals surface area contributed by atoms with E-state index in [4.69, 9.17) is 16.7 Å². The van der Waals surface area contributed by atoms with Gasteiger partial charge in [-0.25, -0.2) is 8.42 Å². The average molecular weight is 354 g/mol. The van der Waals surface area contributed by atoms with Crippen molar-refractivity contribution in [2.75, 3.05) is 10.0 Å². The van der Waals surface area contributed by atoms with Gasteiger partial charge in [0.05, 0.1) is 4.90 Å². The van der Waals surface area contributed by atoms with E-state index in [1.54, 1.807) is 6.92 Å². The lowest BCUT2D eigenvalue weighted by Gasteiger charge is -2.09. The van der Waals surface area contributed by atoms with Crippen molar-refractivity contribution in [3.05, 3.63) is 36.1 Å². The number of aromatic nitrogens is 1. The quantitative estimate of drug-likeness (QED) is 0.715. The number of nitrogens with zero attached hydrogens (tertiary/aromatic N) is 1. The van der Waals surface area contributed by atoms with Gasteiger partial charge in [0, 0.05) is 18.7 Å². The van der Waals surface area contributed by atoms with Crippen LogP contribution in [-0.4, -0.2) is 24.6 Å². The highest BCUT2D eigenvalue weighted by Gasteiger charge is 2.16. The number of hydrogen-bond acceptors (Lipinski definition) is 6. The Labute approximate surface area is 138 Å². The Hall–Kier alpha value is -2.46. The predicted molar refractivity (Wildman–Crippen MR) is 88.5 cm³/mol. The molecule has 3 N–H and O–H groups in total. The van der Waals surface area contributed by atoms with Crippen LogP contribution in [0.3, 0.4) is 0 Å². The van der Waals surface area contributed by atoms with Crippen LogP contribution in [-0.2, 0) is 14.8 Å². The maximum atomic E-state index is 12.2. The minimum atomic E-state index is -3.77. The maximum Gasteiger partial charge on any atom is 0.263 e. The van der Waals surface area contributed by atoms with Gasteiger partial charge in [-0.3, -0.25) is 9.52 Å². The van der Waals surface area contributed by atoms with Gasteiger partial charge in [-0.2, -0.15) is 0 Å². The summed E-state index contributed by atoms with van der Waals surface area (Å²) in [5.41, 5.74) is 0.542. The second kappa shape index (κ2) is 6.75. The Balaban J connectivity index is 2.09. The Bertz CT molecular complexity index is 828. The molecule has 2 rings (SSSR count). The fraction of sp³-hybridized carbons (Fsp3) is 0.154. The van der Waals surface area contributed by atoms with Crippen LogP contribution < -0.4 is 15.4 Å². The molecule has 0 aliphatic heterocycles. The molecule has 1 heterocycles. The van der Waals surface area contributed by atoms with Gasteiger partial charge >= 0.3 is 0 Å². The van der Waals surface area contributed by atoms with E-state index in [1.165, 1.54) is 37.3 Å². The van der Waals surface area contributed by atoms with Crippen molar-refractivity contribution < 1.29 is 17.7 Å². The molecule has 0 aliphatic rings. The van der Waals surface area contributed by atoms with E-state index < -0.39 is 10.0 Å². The Morgan fingerprint density at radius 3 is 2.43 bits per heavy atom. The average Bonchev–Trinajstić information content (AvgIpc) is 2.83. The molecular weight excluding hydrogens is 340 g/mol. The minimum Gasteiger partial charge on any atom is -0.360 e. The number of nitrogens with one attached hydrogen (secondary N) is 3. The Kier molecular flexibility index (Phi) is 4.96. The van der Waals surface area contributed by atoms with Gasteiger partial charge in [-0.05, 0) is 43.4 Å². The molecule has 1 amide bonds. The van der Waals surface area contributed by atoms with Crippen LogP contribution in [0, 0.1) is 6.92 Å². The van der Waals surface area contributed by atoms with Crippen LogP contribution in [0.15, 0.2) is 39.8 Å². The first-order chi connectivity index (χ1) is 10.8. The van der Waals surface area contributed by atoms with Gasteiger partial charge in [0.15, 0.2) is 10.9 Å². The third-order valence-electron chi connectivity index (χ3n) is 2.58. The lowest BCUT2D eigenvalue weighted by molar-refractivity contribution is -0.117. The molecule has 8 nitrogen and oxygen atoms in total. The molecule has 0 fully saturated rings. The van der Waals surface area contributed by atoms with E-state index in [9.17, 15) is 13.2 Å². The molecule has 0 aliphatic carbocycles. The van der Waals surface area contributed by atoms with Crippen molar-refractivity contribution in [1.82, 2.24) is 10.5 Å². The number of carbonyl (C=O) groups is 1. The molecule has 0 unspecified atom stereocenters. The first kappa shape index (κ1) is 16.9. The largest absolute Gasteiger partial charge is 0.360 e. The number of thiocarbonyl (C=S) groups is 1. The Morgan fingerprint density at radius 2 is 1.91 bits per heavy atom. The normalized spacial score (nSPS) is 10.9. The second-order valence-corrected chi connectivity index (χ2v) is 6.68. The highest BCUT2D eigenvalue weighted by Crippen LogP contribution is 2.18. The summed E-state index contributed by atoms with van der Waals surface area (Å²) in [5.74, 6) is 0.305. The molecule has 1 aromatic carbocycles. The molecule has 0 saturated carbocycles. The summed E-state index contributed by atoms with van der Waals surface area (Å²) in [7, 11) is -3.77. The summed E-state index contributed by atoms with van der Waals surface area (Å²) in [6.07, 6.45) is 0. The van der Waals surface area contributed by atoms with Crippen LogP contribution >= 0.6 is 12.2 Å². The number of sulfonamides is 1. The molecule has 0 radical (unpaired) electrons. The van der Waals surface area contributed by atoms with Crippen LogP contribution in [0.5, 0.6) is 0 Å². The van der Waals surface area contributed by atoms with Gasteiger partial charge in [-0.1, -0.05) is 5.16 Å². The number of aryl methyl sites for hydroxylation is 1. The van der Waals surface area contributed by atoms with Crippen molar-refractivity contribution in [3.8, 4) is 0 Å². The van der Waals surface area contributed by atoms with Crippen LogP contribution in [0.1, 0.15) is 12.7 Å². The number of rotatable bonds is 4. The summed E-state index contributed by atoms with van der Waals surface area (Å²) in [6, 6.07) is 7.31. The number of benzene rings is 1. The summed E-state index contributed by atoms with van der Waals surface area (Å²) in [6.45, 7) is 2.99. The van der Waals surface area contributed by atoms with Crippen molar-refractivity contribution >= 4 is 44.8 Å². The van der Waals surface area contributed by atoms with Crippen LogP contribution in [0.2, 0.25) is 0 Å². The monoisotopic (exact) mass is 354 g/mol. The lowest BCUT2D eigenvalue weighted by atomic mass is 10.3. The van der Waals surface area contributed by atoms with Gasteiger partial charge in [-0.15, -0.1) is 0 Å². The zero-order chi connectivity index (χ0) is 17.0.